The summed E-state index contributed by atoms with van der Waals surface area (Å²) < 4.78 is 5.67. The number of hydrogen-bond acceptors (Lipinski definition) is 3. The minimum Gasteiger partial charge on any atom is -0.481 e. The molecule has 0 saturated carbocycles. The Morgan fingerprint density at radius 1 is 1.13 bits per heavy atom. The number of rotatable bonds is 7. The van der Waals surface area contributed by atoms with Crippen LogP contribution in [0.1, 0.15) is 18.1 Å². The molecule has 0 aliphatic heterocycles. The van der Waals surface area contributed by atoms with Crippen molar-refractivity contribution in [2.75, 3.05) is 12.3 Å². The van der Waals surface area contributed by atoms with Gasteiger partial charge in [-0.05, 0) is 50.6 Å². The first-order chi connectivity index (χ1) is 11.0. The quantitative estimate of drug-likeness (QED) is 0.617. The summed E-state index contributed by atoms with van der Waals surface area (Å²) in [4.78, 5) is 13.3. The number of hydrogen-bond donors (Lipinski definition) is 1. The van der Waals surface area contributed by atoms with E-state index >= 15 is 0 Å². The zero-order chi connectivity index (χ0) is 16.7. The van der Waals surface area contributed by atoms with Crippen LogP contribution in [0.4, 0.5) is 0 Å². The first-order valence-corrected chi connectivity index (χ1v) is 8.73. The Hall–Kier alpha value is -1.94. The minimum absolute atomic E-state index is 0.0870. The lowest BCUT2D eigenvalue weighted by Crippen LogP contribution is -2.37. The molecule has 0 aromatic heterocycles. The van der Waals surface area contributed by atoms with E-state index in [0.717, 1.165) is 17.1 Å². The Bertz CT molecular complexity index is 640. The number of ether oxygens (including phenoxy) is 1. The van der Waals surface area contributed by atoms with E-state index in [-0.39, 0.29) is 5.91 Å². The monoisotopic (exact) mass is 329 g/mol. The van der Waals surface area contributed by atoms with Gasteiger partial charge in [-0.25, -0.2) is 0 Å². The maximum Gasteiger partial charge on any atom is 0.260 e. The molecule has 1 atom stereocenters. The van der Waals surface area contributed by atoms with Crippen LogP contribution in [0.15, 0.2) is 53.4 Å². The van der Waals surface area contributed by atoms with Crippen molar-refractivity contribution < 1.29 is 9.53 Å². The summed E-state index contributed by atoms with van der Waals surface area (Å²) in [5.41, 5.74) is 2.37. The maximum absolute atomic E-state index is 12.0. The predicted molar refractivity (Wildman–Crippen MR) is 96.2 cm³/mol. The topological polar surface area (TPSA) is 38.3 Å². The minimum atomic E-state index is -0.499. The van der Waals surface area contributed by atoms with Gasteiger partial charge in [0, 0.05) is 17.2 Å². The molecule has 122 valence electrons. The number of carbonyl (C=O) groups is 1. The van der Waals surface area contributed by atoms with E-state index < -0.39 is 6.10 Å². The SMILES string of the molecule is Cc1ccc(SCCNC(=O)[C@@H](C)Oc2cccc(C)c2)cc1. The van der Waals surface area contributed by atoms with Crippen LogP contribution in [0.2, 0.25) is 0 Å². The van der Waals surface area contributed by atoms with Gasteiger partial charge in [0.15, 0.2) is 6.10 Å². The smallest absolute Gasteiger partial charge is 0.260 e. The molecule has 0 saturated heterocycles. The third-order valence-corrected chi connectivity index (χ3v) is 4.38. The fraction of sp³-hybridized carbons (Fsp3) is 0.316. The summed E-state index contributed by atoms with van der Waals surface area (Å²) >= 11 is 1.73. The van der Waals surface area contributed by atoms with Crippen LogP contribution in [0.5, 0.6) is 5.75 Å². The second-order valence-corrected chi connectivity index (χ2v) is 6.70. The fourth-order valence-electron chi connectivity index (χ4n) is 2.07. The third kappa shape index (κ3) is 5.99. The van der Waals surface area contributed by atoms with Gasteiger partial charge in [0.25, 0.3) is 5.91 Å². The van der Waals surface area contributed by atoms with Gasteiger partial charge in [0.1, 0.15) is 5.75 Å². The van der Waals surface area contributed by atoms with Crippen molar-refractivity contribution in [3.63, 3.8) is 0 Å². The van der Waals surface area contributed by atoms with E-state index in [9.17, 15) is 4.79 Å². The summed E-state index contributed by atoms with van der Waals surface area (Å²) in [5, 5.41) is 2.91. The molecule has 2 aromatic rings. The highest BCUT2D eigenvalue weighted by atomic mass is 32.2. The van der Waals surface area contributed by atoms with Crippen molar-refractivity contribution in [1.82, 2.24) is 5.32 Å². The van der Waals surface area contributed by atoms with E-state index in [0.29, 0.717) is 6.54 Å². The lowest BCUT2D eigenvalue weighted by Gasteiger charge is -2.15. The highest BCUT2D eigenvalue weighted by molar-refractivity contribution is 7.99. The van der Waals surface area contributed by atoms with E-state index in [1.54, 1.807) is 18.7 Å². The van der Waals surface area contributed by atoms with Crippen LogP contribution in [0.3, 0.4) is 0 Å². The van der Waals surface area contributed by atoms with E-state index in [4.69, 9.17) is 4.74 Å². The van der Waals surface area contributed by atoms with Gasteiger partial charge in [-0.1, -0.05) is 29.8 Å². The summed E-state index contributed by atoms with van der Waals surface area (Å²) in [7, 11) is 0. The summed E-state index contributed by atoms with van der Waals surface area (Å²) in [6.45, 7) is 6.47. The molecule has 2 aromatic carbocycles. The summed E-state index contributed by atoms with van der Waals surface area (Å²) in [5.74, 6) is 1.48. The molecule has 0 spiro atoms. The van der Waals surface area contributed by atoms with Gasteiger partial charge in [-0.15, -0.1) is 11.8 Å². The molecule has 0 radical (unpaired) electrons. The molecular formula is C19H23NO2S. The van der Waals surface area contributed by atoms with Crippen LogP contribution < -0.4 is 10.1 Å². The van der Waals surface area contributed by atoms with Crippen LogP contribution in [-0.4, -0.2) is 24.3 Å². The maximum atomic E-state index is 12.0. The van der Waals surface area contributed by atoms with Crippen LogP contribution in [0, 0.1) is 13.8 Å². The molecule has 0 bridgehead atoms. The van der Waals surface area contributed by atoms with Gasteiger partial charge < -0.3 is 10.1 Å². The van der Waals surface area contributed by atoms with Gasteiger partial charge in [0.2, 0.25) is 0 Å². The molecule has 0 unspecified atom stereocenters. The zero-order valence-corrected chi connectivity index (χ0v) is 14.7. The number of amides is 1. The number of aryl methyl sites for hydroxylation is 2. The number of benzene rings is 2. The largest absolute Gasteiger partial charge is 0.481 e. The second-order valence-electron chi connectivity index (χ2n) is 5.53. The number of thioether (sulfide) groups is 1. The Balaban J connectivity index is 1.70. The molecule has 0 fully saturated rings. The fourth-order valence-corrected chi connectivity index (χ4v) is 2.84. The van der Waals surface area contributed by atoms with E-state index in [1.807, 2.05) is 31.2 Å². The summed E-state index contributed by atoms with van der Waals surface area (Å²) in [6.07, 6.45) is -0.499. The average Bonchev–Trinajstić information content (AvgIpc) is 2.53. The molecule has 0 aliphatic rings. The first kappa shape index (κ1) is 17.4. The molecule has 1 amide bonds. The molecule has 2 rings (SSSR count). The molecule has 23 heavy (non-hydrogen) atoms. The molecular weight excluding hydrogens is 306 g/mol. The Labute approximate surface area is 142 Å². The standard InChI is InChI=1S/C19H23NO2S/c1-14-7-9-18(10-8-14)23-12-11-20-19(21)16(3)22-17-6-4-5-15(2)13-17/h4-10,13,16H,11-12H2,1-3H3,(H,20,21)/t16-/m1/s1. The van der Waals surface area contributed by atoms with Crippen LogP contribution in [0.25, 0.3) is 0 Å². The van der Waals surface area contributed by atoms with Crippen molar-refractivity contribution in [2.45, 2.75) is 31.8 Å². The molecule has 0 heterocycles. The highest BCUT2D eigenvalue weighted by Gasteiger charge is 2.13. The number of carbonyl (C=O) groups excluding carboxylic acids is 1. The highest BCUT2D eigenvalue weighted by Crippen LogP contribution is 2.17. The number of nitrogens with one attached hydrogen (secondary N) is 1. The molecule has 3 nitrogen and oxygen atoms in total. The molecule has 1 N–H and O–H groups in total. The Morgan fingerprint density at radius 2 is 1.87 bits per heavy atom. The average molecular weight is 329 g/mol. The Kier molecular flexibility index (Phi) is 6.53. The van der Waals surface area contributed by atoms with Crippen molar-refractivity contribution in [3.05, 3.63) is 59.7 Å². The van der Waals surface area contributed by atoms with E-state index in [2.05, 4.69) is 36.5 Å². The van der Waals surface area contributed by atoms with Gasteiger partial charge >= 0.3 is 0 Å². The molecule has 4 heteroatoms. The lowest BCUT2D eigenvalue weighted by molar-refractivity contribution is -0.127. The first-order valence-electron chi connectivity index (χ1n) is 7.75. The van der Waals surface area contributed by atoms with Gasteiger partial charge in [-0.2, -0.15) is 0 Å². The van der Waals surface area contributed by atoms with Crippen molar-refractivity contribution in [2.24, 2.45) is 0 Å². The lowest BCUT2D eigenvalue weighted by atomic mass is 10.2. The third-order valence-electron chi connectivity index (χ3n) is 3.36. The van der Waals surface area contributed by atoms with Crippen LogP contribution in [-0.2, 0) is 4.79 Å². The predicted octanol–water partition coefficient (Wildman–Crippen LogP) is 3.98. The summed E-state index contributed by atoms with van der Waals surface area (Å²) in [6, 6.07) is 16.1. The molecule has 0 aliphatic carbocycles. The second kappa shape index (κ2) is 8.63. The van der Waals surface area contributed by atoms with E-state index in [1.165, 1.54) is 10.5 Å². The van der Waals surface area contributed by atoms with Crippen molar-refractivity contribution in [1.29, 1.82) is 0 Å². The normalized spacial score (nSPS) is 11.8. The van der Waals surface area contributed by atoms with Crippen LogP contribution >= 0.6 is 11.8 Å². The van der Waals surface area contributed by atoms with Gasteiger partial charge in [0.05, 0.1) is 0 Å². The zero-order valence-electron chi connectivity index (χ0n) is 13.8. The van der Waals surface area contributed by atoms with Crippen molar-refractivity contribution >= 4 is 17.7 Å². The van der Waals surface area contributed by atoms with Gasteiger partial charge in [-0.3, -0.25) is 4.79 Å². The Morgan fingerprint density at radius 3 is 2.57 bits per heavy atom. The van der Waals surface area contributed by atoms with Crippen molar-refractivity contribution in [3.8, 4) is 5.75 Å².